The van der Waals surface area contributed by atoms with Gasteiger partial charge in [-0.15, -0.1) is 0 Å². The predicted octanol–water partition coefficient (Wildman–Crippen LogP) is 7.84. The second-order valence-corrected chi connectivity index (χ2v) is 17.4. The Morgan fingerprint density at radius 2 is 1.38 bits per heavy atom. The SMILES string of the molecule is COc1ccc(CO[C@@](C)(CC/C=C/CC[C@@]2(C)CO2)CCO[Si](c2ccccc2)(c2ccccc2)C(C)(C)C)cc1. The van der Waals surface area contributed by atoms with Crippen molar-refractivity contribution in [1.82, 2.24) is 0 Å². The summed E-state index contributed by atoms with van der Waals surface area (Å²) in [4.78, 5) is 0. The van der Waals surface area contributed by atoms with E-state index in [0.717, 1.165) is 50.0 Å². The van der Waals surface area contributed by atoms with E-state index in [2.05, 4.69) is 120 Å². The minimum atomic E-state index is -2.60. The quantitative estimate of drug-likeness (QED) is 0.0974. The summed E-state index contributed by atoms with van der Waals surface area (Å²) in [6, 6.07) is 29.9. The molecule has 5 heteroatoms. The summed E-state index contributed by atoms with van der Waals surface area (Å²) in [5, 5.41) is 2.56. The molecule has 0 saturated carbocycles. The van der Waals surface area contributed by atoms with Crippen molar-refractivity contribution in [3.05, 3.63) is 103 Å². The van der Waals surface area contributed by atoms with Gasteiger partial charge in [0.05, 0.1) is 31.5 Å². The van der Waals surface area contributed by atoms with Crippen LogP contribution in [0.5, 0.6) is 5.75 Å². The number of methoxy groups -OCH3 is 1. The van der Waals surface area contributed by atoms with Gasteiger partial charge < -0.3 is 18.6 Å². The van der Waals surface area contributed by atoms with Gasteiger partial charge in [0.1, 0.15) is 5.75 Å². The number of epoxide rings is 1. The zero-order valence-electron chi connectivity index (χ0n) is 26.5. The number of hydrogen-bond acceptors (Lipinski definition) is 4. The molecule has 3 aromatic carbocycles. The summed E-state index contributed by atoms with van der Waals surface area (Å²) >= 11 is 0. The van der Waals surface area contributed by atoms with Crippen molar-refractivity contribution in [2.24, 2.45) is 0 Å². The van der Waals surface area contributed by atoms with Crippen molar-refractivity contribution in [2.45, 2.75) is 89.6 Å². The molecule has 4 nitrogen and oxygen atoms in total. The van der Waals surface area contributed by atoms with E-state index in [1.807, 2.05) is 12.1 Å². The van der Waals surface area contributed by atoms with Crippen molar-refractivity contribution in [1.29, 1.82) is 0 Å². The highest BCUT2D eigenvalue weighted by Crippen LogP contribution is 2.37. The number of rotatable bonds is 16. The van der Waals surface area contributed by atoms with Crippen LogP contribution in [0.1, 0.15) is 72.3 Å². The van der Waals surface area contributed by atoms with Gasteiger partial charge in [-0.2, -0.15) is 0 Å². The molecule has 0 N–H and O–H groups in total. The molecule has 1 aliphatic heterocycles. The fourth-order valence-corrected chi connectivity index (χ4v) is 10.3. The zero-order valence-corrected chi connectivity index (χ0v) is 27.5. The number of benzene rings is 3. The maximum Gasteiger partial charge on any atom is 0.261 e. The Hall–Kier alpha value is -2.70. The maximum absolute atomic E-state index is 7.24. The predicted molar refractivity (Wildman–Crippen MR) is 176 cm³/mol. The van der Waals surface area contributed by atoms with Crippen LogP contribution in [-0.4, -0.2) is 39.8 Å². The summed E-state index contributed by atoms with van der Waals surface area (Å²) < 4.78 is 24.8. The molecule has 0 aliphatic carbocycles. The van der Waals surface area contributed by atoms with Gasteiger partial charge in [-0.05, 0) is 79.1 Å². The highest BCUT2D eigenvalue weighted by atomic mass is 28.4. The Bertz CT molecular complexity index is 1210. The molecule has 226 valence electrons. The Kier molecular flexibility index (Phi) is 10.9. The van der Waals surface area contributed by atoms with Crippen LogP contribution in [0.15, 0.2) is 97.1 Å². The Morgan fingerprint density at radius 3 is 1.90 bits per heavy atom. The summed E-state index contributed by atoms with van der Waals surface area (Å²) in [5.74, 6) is 0.857. The normalized spacial score (nSPS) is 18.6. The van der Waals surface area contributed by atoms with Crippen LogP contribution in [0.2, 0.25) is 5.04 Å². The fourth-order valence-electron chi connectivity index (χ4n) is 5.71. The number of allylic oxidation sites excluding steroid dienone is 2. The molecular weight excluding hydrogens is 536 g/mol. The summed E-state index contributed by atoms with van der Waals surface area (Å²) in [7, 11) is -0.908. The van der Waals surface area contributed by atoms with Gasteiger partial charge in [0.15, 0.2) is 0 Å². The van der Waals surface area contributed by atoms with E-state index < -0.39 is 8.32 Å². The lowest BCUT2D eigenvalue weighted by Crippen LogP contribution is -2.66. The van der Waals surface area contributed by atoms with E-state index >= 15 is 0 Å². The van der Waals surface area contributed by atoms with Crippen molar-refractivity contribution < 1.29 is 18.6 Å². The molecule has 0 unspecified atom stereocenters. The molecule has 0 amide bonds. The largest absolute Gasteiger partial charge is 0.497 e. The average Bonchev–Trinajstić information content (AvgIpc) is 3.73. The molecule has 42 heavy (non-hydrogen) atoms. The molecule has 1 aliphatic rings. The highest BCUT2D eigenvalue weighted by Gasteiger charge is 2.50. The molecular formula is C37H50O4Si. The second-order valence-electron chi connectivity index (χ2n) is 13.1. The first kappa shape index (κ1) is 32.2. The highest BCUT2D eigenvalue weighted by molar-refractivity contribution is 6.99. The van der Waals surface area contributed by atoms with Crippen LogP contribution in [0, 0.1) is 0 Å². The first-order valence-corrected chi connectivity index (χ1v) is 17.3. The lowest BCUT2D eigenvalue weighted by Gasteiger charge is -2.43. The topological polar surface area (TPSA) is 40.2 Å². The molecule has 0 spiro atoms. The molecule has 3 aromatic rings. The first-order valence-electron chi connectivity index (χ1n) is 15.4. The molecule has 2 atom stereocenters. The van der Waals surface area contributed by atoms with Gasteiger partial charge in [-0.1, -0.05) is 106 Å². The Morgan fingerprint density at radius 1 is 0.810 bits per heavy atom. The van der Waals surface area contributed by atoms with Crippen LogP contribution in [-0.2, 0) is 20.5 Å². The standard InChI is InChI=1S/C37H50O4Si/c1-35(2,3)42(33-17-11-9-12-18-33,34-19-13-10-14-20-34)41-28-27-36(4,25-15-7-8-16-26-37(5)30-40-37)39-29-31-21-23-32(38-6)24-22-31/h7-14,17-24H,15-16,25-30H2,1-6H3/b8-7+/t36-,37-/m0/s1. The van der Waals surface area contributed by atoms with Gasteiger partial charge >= 0.3 is 0 Å². The van der Waals surface area contributed by atoms with Crippen molar-refractivity contribution in [3.63, 3.8) is 0 Å². The van der Waals surface area contributed by atoms with Crippen LogP contribution < -0.4 is 15.1 Å². The van der Waals surface area contributed by atoms with E-state index in [4.69, 9.17) is 18.6 Å². The lowest BCUT2D eigenvalue weighted by molar-refractivity contribution is -0.0608. The van der Waals surface area contributed by atoms with Crippen LogP contribution in [0.4, 0.5) is 0 Å². The van der Waals surface area contributed by atoms with Gasteiger partial charge in [0, 0.05) is 6.61 Å². The van der Waals surface area contributed by atoms with Crippen LogP contribution in [0.3, 0.4) is 0 Å². The number of ether oxygens (including phenoxy) is 3. The second kappa shape index (κ2) is 14.2. The van der Waals surface area contributed by atoms with Gasteiger partial charge in [0.2, 0.25) is 0 Å². The Labute approximate surface area is 255 Å². The maximum atomic E-state index is 7.24. The molecule has 1 saturated heterocycles. The van der Waals surface area contributed by atoms with Crippen molar-refractivity contribution in [2.75, 3.05) is 20.3 Å². The van der Waals surface area contributed by atoms with E-state index in [9.17, 15) is 0 Å². The van der Waals surface area contributed by atoms with Crippen LogP contribution in [0.25, 0.3) is 0 Å². The molecule has 0 radical (unpaired) electrons. The average molecular weight is 587 g/mol. The molecule has 0 aromatic heterocycles. The summed E-state index contributed by atoms with van der Waals surface area (Å²) in [5.41, 5.74) is 0.919. The fraction of sp³-hybridized carbons (Fsp3) is 0.459. The van der Waals surface area contributed by atoms with E-state index in [-0.39, 0.29) is 16.2 Å². The van der Waals surface area contributed by atoms with Crippen LogP contribution >= 0.6 is 0 Å². The molecule has 0 bridgehead atoms. The smallest absolute Gasteiger partial charge is 0.261 e. The third kappa shape index (κ3) is 8.44. The summed E-state index contributed by atoms with van der Waals surface area (Å²) in [6.07, 6.45) is 9.46. The van der Waals surface area contributed by atoms with E-state index in [1.165, 1.54) is 10.4 Å². The third-order valence-electron chi connectivity index (χ3n) is 8.60. The molecule has 1 heterocycles. The lowest BCUT2D eigenvalue weighted by atomic mass is 9.95. The van der Waals surface area contributed by atoms with Crippen molar-refractivity contribution in [3.8, 4) is 5.75 Å². The van der Waals surface area contributed by atoms with E-state index in [0.29, 0.717) is 13.2 Å². The monoisotopic (exact) mass is 586 g/mol. The van der Waals surface area contributed by atoms with Gasteiger partial charge in [-0.25, -0.2) is 0 Å². The first-order chi connectivity index (χ1) is 20.1. The third-order valence-corrected chi connectivity index (χ3v) is 13.6. The molecule has 4 rings (SSSR count). The van der Waals surface area contributed by atoms with Gasteiger partial charge in [0.25, 0.3) is 8.32 Å². The Balaban J connectivity index is 1.50. The van der Waals surface area contributed by atoms with Crippen molar-refractivity contribution >= 4 is 18.7 Å². The minimum Gasteiger partial charge on any atom is -0.497 e. The van der Waals surface area contributed by atoms with E-state index in [1.54, 1.807) is 7.11 Å². The molecule has 1 fully saturated rings. The minimum absolute atomic E-state index is 0.0549. The van der Waals surface area contributed by atoms with Gasteiger partial charge in [-0.3, -0.25) is 0 Å². The zero-order chi connectivity index (χ0) is 30.1. The number of hydrogen-bond donors (Lipinski definition) is 0. The summed E-state index contributed by atoms with van der Waals surface area (Å²) in [6.45, 7) is 13.5.